The van der Waals surface area contributed by atoms with E-state index in [-0.39, 0.29) is 55.8 Å². The Morgan fingerprint density at radius 3 is 1.32 bits per heavy atom. The molecular formula is C61H109N11O13. The lowest BCUT2D eigenvalue weighted by atomic mass is 9.91. The average molecular weight is 1200 g/mol. The summed E-state index contributed by atoms with van der Waals surface area (Å²) in [7, 11) is 8.12. The van der Waals surface area contributed by atoms with Crippen molar-refractivity contribution in [3.63, 3.8) is 0 Å². The van der Waals surface area contributed by atoms with Crippen LogP contribution in [0.5, 0.6) is 0 Å². The molecule has 0 spiro atoms. The molecular weight excluding hydrogens is 1090 g/mol. The summed E-state index contributed by atoms with van der Waals surface area (Å²) in [5.41, 5.74) is 0. The number of amides is 11. The van der Waals surface area contributed by atoms with E-state index in [1.165, 1.54) is 77.8 Å². The maximum Gasteiger partial charge on any atom is 0.248 e. The van der Waals surface area contributed by atoms with Crippen molar-refractivity contribution in [1.29, 1.82) is 0 Å². The Balaban J connectivity index is 4.31. The van der Waals surface area contributed by atoms with Gasteiger partial charge in [0, 0.05) is 42.3 Å². The lowest BCUT2D eigenvalue weighted by molar-refractivity contribution is -0.155. The molecule has 0 aliphatic carbocycles. The van der Waals surface area contributed by atoms with E-state index in [1.54, 1.807) is 53.7 Å². The number of carbonyl (C=O) groups excluding carboxylic acids is 11. The zero-order valence-corrected chi connectivity index (χ0v) is 55.4. The number of aliphatic hydroxyl groups excluding tert-OH is 2. The van der Waals surface area contributed by atoms with Crippen LogP contribution >= 0.6 is 0 Å². The van der Waals surface area contributed by atoms with E-state index in [1.807, 2.05) is 55.4 Å². The number of hydrogen-bond acceptors (Lipinski definition) is 13. The Bertz CT molecular complexity index is 2330. The van der Waals surface area contributed by atoms with Crippen molar-refractivity contribution in [2.24, 2.45) is 41.4 Å². The predicted octanol–water partition coefficient (Wildman–Crippen LogP) is 1.90. The van der Waals surface area contributed by atoms with Crippen molar-refractivity contribution in [3.8, 4) is 0 Å². The van der Waals surface area contributed by atoms with Crippen LogP contribution in [-0.4, -0.2) is 226 Å². The van der Waals surface area contributed by atoms with Crippen molar-refractivity contribution in [3.05, 3.63) is 12.2 Å². The van der Waals surface area contributed by atoms with Crippen molar-refractivity contribution in [1.82, 2.24) is 56.0 Å². The summed E-state index contributed by atoms with van der Waals surface area (Å²) in [5, 5.41) is 36.8. The molecule has 0 radical (unpaired) electrons. The van der Waals surface area contributed by atoms with Gasteiger partial charge in [0.15, 0.2) is 0 Å². The zero-order valence-electron chi connectivity index (χ0n) is 55.4. The van der Waals surface area contributed by atoms with Crippen molar-refractivity contribution >= 4 is 65.0 Å². The molecule has 5 unspecified atom stereocenters. The second-order valence-electron chi connectivity index (χ2n) is 25.9. The monoisotopic (exact) mass is 1200 g/mol. The fourth-order valence-electron chi connectivity index (χ4n) is 10.4. The molecule has 1 aliphatic rings. The lowest BCUT2D eigenvalue weighted by Crippen LogP contribution is -2.64. The van der Waals surface area contributed by atoms with Crippen LogP contribution in [0, 0.1) is 41.4 Å². The van der Waals surface area contributed by atoms with E-state index in [4.69, 9.17) is 0 Å². The number of nitrogens with one attached hydrogen (secondary N) is 5. The predicted molar refractivity (Wildman–Crippen MR) is 325 cm³/mol. The molecule has 486 valence electrons. The smallest absolute Gasteiger partial charge is 0.248 e. The largest absolute Gasteiger partial charge is 0.391 e. The number of aliphatic hydroxyl groups is 2. The summed E-state index contributed by atoms with van der Waals surface area (Å²) in [6, 6.07) is -13.2. The summed E-state index contributed by atoms with van der Waals surface area (Å²) < 4.78 is 0. The number of carbonyl (C=O) groups is 11. The van der Waals surface area contributed by atoms with E-state index in [0.717, 1.165) is 14.7 Å². The molecule has 24 nitrogen and oxygen atoms in total. The van der Waals surface area contributed by atoms with Crippen LogP contribution in [0.3, 0.4) is 0 Å². The van der Waals surface area contributed by atoms with Crippen LogP contribution in [0.4, 0.5) is 0 Å². The molecule has 0 saturated carbocycles. The van der Waals surface area contributed by atoms with Gasteiger partial charge >= 0.3 is 0 Å². The van der Waals surface area contributed by atoms with E-state index < -0.39 is 162 Å². The third-order valence-electron chi connectivity index (χ3n) is 15.6. The highest BCUT2D eigenvalue weighted by atomic mass is 16.3. The molecule has 1 heterocycles. The summed E-state index contributed by atoms with van der Waals surface area (Å²) in [5.74, 6) is -10.8. The topological polar surface area (TPSA) is 308 Å². The molecule has 85 heavy (non-hydrogen) atoms. The standard InChI is InChI=1S/C61H109N11O13/c1-24-25-26-38(14)51(75)50-56(80)66-48(41(17)73)59(83)67(18)31-46(74)68(19)43(28-33(4)5)55(79)65-47(36(10)11)60(84)70(21)44(29-34(6)7)53(77)62-39(15)52(76)63-40(16)57(81)69(20)45(30-35(8)9)54(78)64-42(27-32(2)3)58(82)71(22)49(37(12)13)61(85)72(50)23/h24-25,32-45,47-51,73,75H,26-31H2,1-23H3,(H,62,77)(H,63,76)(H,64,78)(H,65,79)(H,66,80)/b25-24+/t38-,39?,40-,41?,42?,43-,44-,45+,47-,48?,49+,50?,51-/m1/s1. The maximum absolute atomic E-state index is 15.1. The van der Waals surface area contributed by atoms with Crippen molar-refractivity contribution in [2.75, 3.05) is 48.8 Å². The Labute approximate surface area is 507 Å². The number of hydrogen-bond donors (Lipinski definition) is 7. The zero-order chi connectivity index (χ0) is 66.0. The van der Waals surface area contributed by atoms with Crippen LogP contribution in [0.1, 0.15) is 150 Å². The lowest BCUT2D eigenvalue weighted by Gasteiger charge is -2.40. The molecule has 1 aliphatic heterocycles. The van der Waals surface area contributed by atoms with Crippen LogP contribution in [0.25, 0.3) is 0 Å². The Hall–Kier alpha value is -6.17. The van der Waals surface area contributed by atoms with E-state index in [0.29, 0.717) is 0 Å². The first-order valence-electron chi connectivity index (χ1n) is 30.2. The molecule has 24 heteroatoms. The van der Waals surface area contributed by atoms with Crippen LogP contribution in [0.2, 0.25) is 0 Å². The highest BCUT2D eigenvalue weighted by Gasteiger charge is 2.45. The van der Waals surface area contributed by atoms with Gasteiger partial charge in [0.25, 0.3) is 0 Å². The summed E-state index contributed by atoms with van der Waals surface area (Å²) in [4.78, 5) is 166. The molecule has 1 fully saturated rings. The Morgan fingerprint density at radius 1 is 0.447 bits per heavy atom. The molecule has 11 amide bonds. The van der Waals surface area contributed by atoms with Crippen LogP contribution in [0.15, 0.2) is 12.2 Å². The third kappa shape index (κ3) is 22.2. The maximum atomic E-state index is 15.1. The summed E-state index contributed by atoms with van der Waals surface area (Å²) in [6.45, 7) is 28.4. The first-order chi connectivity index (χ1) is 39.2. The summed E-state index contributed by atoms with van der Waals surface area (Å²) in [6.07, 6.45) is 1.06. The number of allylic oxidation sites excluding steroid dienone is 2. The SMILES string of the molecule is C/C=C/C[C@@H](C)[C@@H](O)C1C(=O)NC(C(C)O)C(=O)N(C)CC(=O)N(C)[C@H](CC(C)C)C(=O)N[C@H](C(C)C)C(=O)N(C)[C@H](CC(C)C)C(=O)NC(C)C(=O)N[C@H](C)C(=O)N(C)[C@@H](CC(C)C)C(=O)NC(CC(C)C)C(=O)N(C)[C@@H](C(C)C)C(=O)N1C. The van der Waals surface area contributed by atoms with Crippen LogP contribution in [-0.2, 0) is 52.7 Å². The second-order valence-corrected chi connectivity index (χ2v) is 25.9. The third-order valence-corrected chi connectivity index (χ3v) is 15.6. The van der Waals surface area contributed by atoms with Gasteiger partial charge < -0.3 is 66.2 Å². The molecule has 0 aromatic heterocycles. The molecule has 7 N–H and O–H groups in total. The number of rotatable bonds is 15. The highest BCUT2D eigenvalue weighted by Crippen LogP contribution is 2.24. The Kier molecular flexibility index (Phi) is 31.5. The fourth-order valence-corrected chi connectivity index (χ4v) is 10.4. The average Bonchev–Trinajstić information content (AvgIpc) is 3.50. The number of nitrogens with zero attached hydrogens (tertiary/aromatic N) is 6. The second kappa shape index (κ2) is 34.8. The van der Waals surface area contributed by atoms with E-state index >= 15 is 4.79 Å². The van der Waals surface area contributed by atoms with Gasteiger partial charge in [0.05, 0.1) is 18.8 Å². The van der Waals surface area contributed by atoms with Crippen molar-refractivity contribution < 1.29 is 63.0 Å². The van der Waals surface area contributed by atoms with Gasteiger partial charge in [-0.2, -0.15) is 0 Å². The minimum atomic E-state index is -1.74. The minimum absolute atomic E-state index is 0.0943. The van der Waals surface area contributed by atoms with Gasteiger partial charge in [-0.3, -0.25) is 52.7 Å². The normalized spacial score (nSPS) is 27.2. The van der Waals surface area contributed by atoms with Crippen LogP contribution < -0.4 is 26.6 Å². The summed E-state index contributed by atoms with van der Waals surface area (Å²) >= 11 is 0. The van der Waals surface area contributed by atoms with Gasteiger partial charge in [0.2, 0.25) is 65.0 Å². The van der Waals surface area contributed by atoms with Gasteiger partial charge in [0.1, 0.15) is 60.4 Å². The first kappa shape index (κ1) is 76.8. The molecule has 0 aromatic rings. The van der Waals surface area contributed by atoms with Crippen molar-refractivity contribution in [2.45, 2.75) is 222 Å². The van der Waals surface area contributed by atoms with E-state index in [2.05, 4.69) is 26.6 Å². The Morgan fingerprint density at radius 2 is 0.871 bits per heavy atom. The molecule has 0 bridgehead atoms. The van der Waals surface area contributed by atoms with Gasteiger partial charge in [-0.25, -0.2) is 0 Å². The van der Waals surface area contributed by atoms with Gasteiger partial charge in [-0.05, 0) is 101 Å². The molecule has 1 rings (SSSR count). The molecule has 13 atom stereocenters. The van der Waals surface area contributed by atoms with E-state index in [9.17, 15) is 58.2 Å². The molecule has 1 saturated heterocycles. The first-order valence-corrected chi connectivity index (χ1v) is 30.2. The fraction of sp³-hybridized carbons (Fsp3) is 0.787. The van der Waals surface area contributed by atoms with Gasteiger partial charge in [-0.15, -0.1) is 0 Å². The van der Waals surface area contributed by atoms with Gasteiger partial charge in [-0.1, -0.05) is 102 Å². The quantitative estimate of drug-likeness (QED) is 0.116. The minimum Gasteiger partial charge on any atom is -0.391 e. The number of likely N-dealkylation sites (N-methyl/N-ethyl adjacent to an activating group) is 6. The highest BCUT2D eigenvalue weighted by molar-refractivity contribution is 5.99. The molecule has 0 aromatic carbocycles.